The van der Waals surface area contributed by atoms with Crippen LogP contribution in [0.1, 0.15) is 31.2 Å². The lowest BCUT2D eigenvalue weighted by atomic mass is 9.99. The molecule has 0 aliphatic heterocycles. The summed E-state index contributed by atoms with van der Waals surface area (Å²) in [4.78, 5) is 0. The summed E-state index contributed by atoms with van der Waals surface area (Å²) in [5.74, 6) is 1.22. The Morgan fingerprint density at radius 2 is 2.00 bits per heavy atom. The number of nitrogens with two attached hydrogens (primary N) is 1. The highest BCUT2D eigenvalue weighted by Gasteiger charge is 2.19. The van der Waals surface area contributed by atoms with E-state index < -0.39 is 0 Å². The van der Waals surface area contributed by atoms with Crippen molar-refractivity contribution >= 4 is 22.6 Å². The molecule has 2 rings (SSSR count). The van der Waals surface area contributed by atoms with Crippen LogP contribution in [0.4, 0.5) is 0 Å². The van der Waals surface area contributed by atoms with Crippen LogP contribution in [0.25, 0.3) is 11.0 Å². The fourth-order valence-corrected chi connectivity index (χ4v) is 2.00. The first kappa shape index (κ1) is 11.5. The fraction of sp³-hybridized carbons (Fsp3) is 0.385. The molecule has 1 aromatic carbocycles. The molecule has 0 radical (unpaired) electrons. The Labute approximate surface area is 100 Å². The van der Waals surface area contributed by atoms with Crippen LogP contribution in [-0.2, 0) is 0 Å². The van der Waals surface area contributed by atoms with Crippen LogP contribution >= 0.6 is 11.6 Å². The number of fused-ring (bicyclic) bond motifs is 1. The minimum atomic E-state index is -0.0637. The van der Waals surface area contributed by atoms with Gasteiger partial charge in [0, 0.05) is 16.0 Å². The number of furan rings is 1. The third-order valence-electron chi connectivity index (χ3n) is 2.96. The number of hydrogen-bond donors (Lipinski definition) is 1. The van der Waals surface area contributed by atoms with E-state index in [4.69, 9.17) is 21.8 Å². The van der Waals surface area contributed by atoms with Crippen LogP contribution in [0.5, 0.6) is 0 Å². The van der Waals surface area contributed by atoms with Gasteiger partial charge in [-0.25, -0.2) is 0 Å². The SMILES string of the molecule is Cc1c(C(N)C(C)C)oc2ccc(Cl)cc12. The van der Waals surface area contributed by atoms with E-state index in [1.165, 1.54) is 0 Å². The molecule has 0 saturated heterocycles. The zero-order chi connectivity index (χ0) is 11.9. The van der Waals surface area contributed by atoms with Crippen molar-refractivity contribution in [1.82, 2.24) is 0 Å². The standard InChI is InChI=1S/C13H16ClNO/c1-7(2)12(15)13-8(3)10-6-9(14)4-5-11(10)16-13/h4-7,12H,15H2,1-3H3. The van der Waals surface area contributed by atoms with E-state index >= 15 is 0 Å². The van der Waals surface area contributed by atoms with Gasteiger partial charge in [-0.2, -0.15) is 0 Å². The van der Waals surface area contributed by atoms with Crippen molar-refractivity contribution in [3.8, 4) is 0 Å². The van der Waals surface area contributed by atoms with Gasteiger partial charge in [-0.3, -0.25) is 0 Å². The molecule has 0 aliphatic rings. The molecular weight excluding hydrogens is 222 g/mol. The molecule has 86 valence electrons. The molecule has 0 amide bonds. The number of aryl methyl sites for hydroxylation is 1. The van der Waals surface area contributed by atoms with Gasteiger partial charge in [0.25, 0.3) is 0 Å². The minimum absolute atomic E-state index is 0.0637. The van der Waals surface area contributed by atoms with E-state index in [9.17, 15) is 0 Å². The van der Waals surface area contributed by atoms with Crippen LogP contribution < -0.4 is 5.73 Å². The highest BCUT2D eigenvalue weighted by molar-refractivity contribution is 6.31. The maximum atomic E-state index is 6.11. The quantitative estimate of drug-likeness (QED) is 0.856. The van der Waals surface area contributed by atoms with E-state index in [0.29, 0.717) is 5.92 Å². The van der Waals surface area contributed by atoms with Gasteiger partial charge in [0.2, 0.25) is 0 Å². The summed E-state index contributed by atoms with van der Waals surface area (Å²) in [7, 11) is 0. The Hall–Kier alpha value is -0.990. The lowest BCUT2D eigenvalue weighted by molar-refractivity contribution is 0.415. The van der Waals surface area contributed by atoms with Crippen molar-refractivity contribution in [2.24, 2.45) is 11.7 Å². The number of rotatable bonds is 2. The van der Waals surface area contributed by atoms with Gasteiger partial charge in [0.05, 0.1) is 6.04 Å². The molecule has 1 aromatic heterocycles. The predicted octanol–water partition coefficient (Wildman–Crippen LogP) is 4.05. The lowest BCUT2D eigenvalue weighted by Crippen LogP contribution is -2.16. The largest absolute Gasteiger partial charge is 0.459 e. The summed E-state index contributed by atoms with van der Waals surface area (Å²) >= 11 is 5.97. The number of halogens is 1. The van der Waals surface area contributed by atoms with Gasteiger partial charge < -0.3 is 10.2 Å². The summed E-state index contributed by atoms with van der Waals surface area (Å²) < 4.78 is 5.79. The fourth-order valence-electron chi connectivity index (χ4n) is 1.83. The zero-order valence-corrected chi connectivity index (χ0v) is 10.5. The normalized spacial score (nSPS) is 13.6. The lowest BCUT2D eigenvalue weighted by Gasteiger charge is -2.13. The molecule has 1 atom stereocenters. The molecule has 1 heterocycles. The van der Waals surface area contributed by atoms with Crippen molar-refractivity contribution in [3.63, 3.8) is 0 Å². The molecule has 0 fully saturated rings. The Kier molecular flexibility index (Phi) is 2.96. The zero-order valence-electron chi connectivity index (χ0n) is 9.75. The van der Waals surface area contributed by atoms with Crippen LogP contribution in [-0.4, -0.2) is 0 Å². The van der Waals surface area contributed by atoms with E-state index in [1.807, 2.05) is 25.1 Å². The second kappa shape index (κ2) is 4.11. The third-order valence-corrected chi connectivity index (χ3v) is 3.19. The average Bonchev–Trinajstić information content (AvgIpc) is 2.55. The van der Waals surface area contributed by atoms with Gasteiger partial charge in [0.1, 0.15) is 11.3 Å². The second-order valence-corrected chi connectivity index (χ2v) is 4.94. The molecular formula is C13H16ClNO. The second-order valence-electron chi connectivity index (χ2n) is 4.50. The smallest absolute Gasteiger partial charge is 0.134 e. The predicted molar refractivity (Wildman–Crippen MR) is 67.7 cm³/mol. The first-order valence-corrected chi connectivity index (χ1v) is 5.82. The summed E-state index contributed by atoms with van der Waals surface area (Å²) in [5.41, 5.74) is 8.06. The van der Waals surface area contributed by atoms with E-state index in [-0.39, 0.29) is 6.04 Å². The first-order chi connectivity index (χ1) is 7.50. The molecule has 0 saturated carbocycles. The Balaban J connectivity index is 2.60. The molecule has 2 nitrogen and oxygen atoms in total. The van der Waals surface area contributed by atoms with Crippen molar-refractivity contribution in [2.45, 2.75) is 26.8 Å². The Morgan fingerprint density at radius 1 is 1.31 bits per heavy atom. The van der Waals surface area contributed by atoms with Crippen LogP contribution in [0, 0.1) is 12.8 Å². The van der Waals surface area contributed by atoms with E-state index in [0.717, 1.165) is 27.3 Å². The highest BCUT2D eigenvalue weighted by Crippen LogP contribution is 2.32. The maximum Gasteiger partial charge on any atom is 0.134 e. The molecule has 1 unspecified atom stereocenters. The minimum Gasteiger partial charge on any atom is -0.459 e. The summed E-state index contributed by atoms with van der Waals surface area (Å²) in [6.07, 6.45) is 0. The van der Waals surface area contributed by atoms with E-state index in [2.05, 4.69) is 13.8 Å². The van der Waals surface area contributed by atoms with Gasteiger partial charge in [0.15, 0.2) is 0 Å². The summed E-state index contributed by atoms with van der Waals surface area (Å²) in [6, 6.07) is 5.58. The Morgan fingerprint density at radius 3 is 2.62 bits per heavy atom. The maximum absolute atomic E-state index is 6.11. The van der Waals surface area contributed by atoms with Crippen molar-refractivity contribution in [2.75, 3.05) is 0 Å². The molecule has 0 aliphatic carbocycles. The monoisotopic (exact) mass is 237 g/mol. The average molecular weight is 238 g/mol. The van der Waals surface area contributed by atoms with Crippen molar-refractivity contribution in [1.29, 1.82) is 0 Å². The molecule has 2 aromatic rings. The summed E-state index contributed by atoms with van der Waals surface area (Å²) in [6.45, 7) is 6.20. The molecule has 0 spiro atoms. The van der Waals surface area contributed by atoms with Crippen LogP contribution in [0.15, 0.2) is 22.6 Å². The van der Waals surface area contributed by atoms with E-state index in [1.54, 1.807) is 0 Å². The Bertz CT molecular complexity index is 516. The molecule has 2 N–H and O–H groups in total. The highest BCUT2D eigenvalue weighted by atomic mass is 35.5. The van der Waals surface area contributed by atoms with Gasteiger partial charge in [-0.05, 0) is 31.0 Å². The van der Waals surface area contributed by atoms with Gasteiger partial charge in [-0.1, -0.05) is 25.4 Å². The summed E-state index contributed by atoms with van der Waals surface area (Å²) in [5, 5.41) is 1.78. The number of benzene rings is 1. The van der Waals surface area contributed by atoms with Gasteiger partial charge in [-0.15, -0.1) is 0 Å². The van der Waals surface area contributed by atoms with Crippen LogP contribution in [0.2, 0.25) is 5.02 Å². The molecule has 16 heavy (non-hydrogen) atoms. The molecule has 0 bridgehead atoms. The topological polar surface area (TPSA) is 39.2 Å². The van der Waals surface area contributed by atoms with Gasteiger partial charge >= 0.3 is 0 Å². The van der Waals surface area contributed by atoms with Crippen LogP contribution in [0.3, 0.4) is 0 Å². The third kappa shape index (κ3) is 1.83. The first-order valence-electron chi connectivity index (χ1n) is 5.45. The van der Waals surface area contributed by atoms with Crippen molar-refractivity contribution in [3.05, 3.63) is 34.5 Å². The molecule has 3 heteroatoms. The van der Waals surface area contributed by atoms with Crippen molar-refractivity contribution < 1.29 is 4.42 Å². The number of hydrogen-bond acceptors (Lipinski definition) is 2.